The van der Waals surface area contributed by atoms with Crippen LogP contribution in [0.5, 0.6) is 11.5 Å². The van der Waals surface area contributed by atoms with Crippen molar-refractivity contribution in [2.45, 2.75) is 11.4 Å². The van der Waals surface area contributed by atoms with E-state index in [0.29, 0.717) is 16.3 Å². The summed E-state index contributed by atoms with van der Waals surface area (Å²) in [5, 5.41) is 3.52. The number of carbonyl (C=O) groups excluding carboxylic acids is 2. The number of benzene rings is 3. The number of hydrogen-bond donors (Lipinski definition) is 1. The van der Waals surface area contributed by atoms with Crippen molar-refractivity contribution in [3.8, 4) is 11.5 Å². The van der Waals surface area contributed by atoms with Crippen LogP contribution < -0.4 is 14.8 Å². The number of hydrogen-bond acceptors (Lipinski definition) is 8. The fourth-order valence-corrected chi connectivity index (χ4v) is 6.18. The molecule has 0 atom stereocenters. The number of nitrogens with one attached hydrogen (secondary N) is 1. The van der Waals surface area contributed by atoms with Gasteiger partial charge in [-0.2, -0.15) is 4.31 Å². The fourth-order valence-electron chi connectivity index (χ4n) is 3.82. The van der Waals surface area contributed by atoms with Gasteiger partial charge in [0.2, 0.25) is 15.9 Å². The molecule has 0 radical (unpaired) electrons. The number of ether oxygens (including phenoxy) is 3. The molecule has 1 heterocycles. The molecule has 4 rings (SSSR count). The lowest BCUT2D eigenvalue weighted by Gasteiger charge is -2.22. The van der Waals surface area contributed by atoms with Crippen LogP contribution in [0.25, 0.3) is 10.1 Å². The van der Waals surface area contributed by atoms with Crippen LogP contribution in [0, 0.1) is 0 Å². The summed E-state index contributed by atoms with van der Waals surface area (Å²) in [6.45, 7) is -0.447. The number of rotatable bonds is 10. The number of carbonyl (C=O) groups is 2. The molecule has 198 valence electrons. The van der Waals surface area contributed by atoms with Gasteiger partial charge in [0.15, 0.2) is 11.5 Å². The number of fused-ring (bicyclic) bond motifs is 1. The number of esters is 1. The number of sulfonamides is 1. The molecule has 0 saturated heterocycles. The van der Waals surface area contributed by atoms with Crippen molar-refractivity contribution in [3.63, 3.8) is 0 Å². The largest absolute Gasteiger partial charge is 0.493 e. The molecule has 4 aromatic rings. The average molecular weight is 555 g/mol. The Morgan fingerprint density at radius 2 is 1.63 bits per heavy atom. The van der Waals surface area contributed by atoms with E-state index in [1.165, 1.54) is 50.9 Å². The first kappa shape index (κ1) is 27.1. The smallest absolute Gasteiger partial charge is 0.348 e. The first-order valence-corrected chi connectivity index (χ1v) is 13.7. The molecule has 0 aliphatic heterocycles. The maximum absolute atomic E-state index is 13.7. The van der Waals surface area contributed by atoms with Crippen molar-refractivity contribution >= 4 is 49.0 Å². The second-order valence-corrected chi connectivity index (χ2v) is 11.2. The second kappa shape index (κ2) is 11.6. The SMILES string of the molecule is COC(=O)c1cc2cc(NC(=O)CN(Cc3ccccc3)S(=O)(=O)c3ccc(OC)c(OC)c3)ccc2s1. The summed E-state index contributed by atoms with van der Waals surface area (Å²) in [5.41, 5.74) is 1.19. The molecular weight excluding hydrogens is 528 g/mol. The molecule has 0 aliphatic carbocycles. The lowest BCUT2D eigenvalue weighted by molar-refractivity contribution is -0.116. The van der Waals surface area contributed by atoms with Crippen molar-refractivity contribution in [3.05, 3.63) is 83.2 Å². The maximum atomic E-state index is 13.7. The van der Waals surface area contributed by atoms with Crippen molar-refractivity contribution in [1.29, 1.82) is 0 Å². The standard InChI is InChI=1S/C27H26N2O7S2/c1-34-22-11-10-21(15-23(22)35-2)38(32,33)29(16-18-7-5-4-6-8-18)17-26(30)28-20-9-12-24-19(13-20)14-25(37-24)27(31)36-3/h4-15H,16-17H2,1-3H3,(H,28,30). The van der Waals surface area contributed by atoms with Gasteiger partial charge in [0.05, 0.1) is 32.8 Å². The van der Waals surface area contributed by atoms with E-state index in [4.69, 9.17) is 14.2 Å². The highest BCUT2D eigenvalue weighted by atomic mass is 32.2. The molecule has 0 bridgehead atoms. The molecule has 0 unspecified atom stereocenters. The summed E-state index contributed by atoms with van der Waals surface area (Å²) in [6, 6.07) is 20.2. The maximum Gasteiger partial charge on any atom is 0.348 e. The number of methoxy groups -OCH3 is 3. The molecule has 0 spiro atoms. The van der Waals surface area contributed by atoms with Gasteiger partial charge in [-0.15, -0.1) is 11.3 Å². The van der Waals surface area contributed by atoms with Gasteiger partial charge in [-0.05, 0) is 47.3 Å². The van der Waals surface area contributed by atoms with Crippen LogP contribution in [-0.4, -0.2) is 52.5 Å². The van der Waals surface area contributed by atoms with Crippen LogP contribution in [0.15, 0.2) is 77.7 Å². The minimum absolute atomic E-state index is 0.0169. The third-order valence-corrected chi connectivity index (χ3v) is 8.58. The summed E-state index contributed by atoms with van der Waals surface area (Å²) < 4.78 is 44.6. The predicted molar refractivity (Wildman–Crippen MR) is 145 cm³/mol. The van der Waals surface area contributed by atoms with E-state index in [0.717, 1.165) is 20.0 Å². The van der Waals surface area contributed by atoms with Crippen molar-refractivity contribution in [1.82, 2.24) is 4.31 Å². The summed E-state index contributed by atoms with van der Waals surface area (Å²) >= 11 is 1.28. The first-order chi connectivity index (χ1) is 18.2. The monoisotopic (exact) mass is 554 g/mol. The quantitative estimate of drug-likeness (QED) is 0.287. The Hall–Kier alpha value is -3.93. The molecule has 1 amide bonds. The molecule has 3 aromatic carbocycles. The number of nitrogens with zero attached hydrogens (tertiary/aromatic N) is 1. The normalized spacial score (nSPS) is 11.4. The van der Waals surface area contributed by atoms with E-state index in [-0.39, 0.29) is 17.2 Å². The van der Waals surface area contributed by atoms with Gasteiger partial charge in [0.1, 0.15) is 4.88 Å². The Kier molecular flexibility index (Phi) is 8.30. The second-order valence-electron chi connectivity index (χ2n) is 8.18. The Morgan fingerprint density at radius 1 is 0.895 bits per heavy atom. The van der Waals surface area contributed by atoms with Gasteiger partial charge in [-0.25, -0.2) is 13.2 Å². The topological polar surface area (TPSA) is 111 Å². The lowest BCUT2D eigenvalue weighted by Crippen LogP contribution is -2.37. The van der Waals surface area contributed by atoms with E-state index in [2.05, 4.69) is 5.32 Å². The Morgan fingerprint density at radius 3 is 2.32 bits per heavy atom. The van der Waals surface area contributed by atoms with E-state index in [1.807, 2.05) is 6.07 Å². The van der Waals surface area contributed by atoms with Crippen LogP contribution in [0.2, 0.25) is 0 Å². The zero-order valence-corrected chi connectivity index (χ0v) is 22.6. The molecular formula is C27H26N2O7S2. The first-order valence-electron chi connectivity index (χ1n) is 11.4. The molecule has 1 N–H and O–H groups in total. The predicted octanol–water partition coefficient (Wildman–Crippen LogP) is 4.53. The summed E-state index contributed by atoms with van der Waals surface area (Å²) in [6.07, 6.45) is 0. The Labute approximate surface area is 224 Å². The number of anilines is 1. The highest BCUT2D eigenvalue weighted by molar-refractivity contribution is 7.89. The van der Waals surface area contributed by atoms with E-state index in [9.17, 15) is 18.0 Å². The number of amides is 1. The lowest BCUT2D eigenvalue weighted by atomic mass is 10.2. The minimum Gasteiger partial charge on any atom is -0.493 e. The van der Waals surface area contributed by atoms with Gasteiger partial charge >= 0.3 is 5.97 Å². The highest BCUT2D eigenvalue weighted by Gasteiger charge is 2.28. The van der Waals surface area contributed by atoms with Crippen LogP contribution in [-0.2, 0) is 26.1 Å². The highest BCUT2D eigenvalue weighted by Crippen LogP contribution is 2.31. The minimum atomic E-state index is -4.10. The molecule has 0 fully saturated rings. The van der Waals surface area contributed by atoms with Crippen LogP contribution in [0.4, 0.5) is 5.69 Å². The third kappa shape index (κ3) is 5.96. The Bertz CT molecular complexity index is 1570. The van der Waals surface area contributed by atoms with Crippen LogP contribution >= 0.6 is 11.3 Å². The fraction of sp³-hybridized carbons (Fsp3) is 0.185. The van der Waals surface area contributed by atoms with Crippen molar-refractivity contribution in [2.75, 3.05) is 33.2 Å². The summed E-state index contributed by atoms with van der Waals surface area (Å²) in [7, 11) is 0.0930. The van der Waals surface area contributed by atoms with Gasteiger partial charge in [0.25, 0.3) is 0 Å². The van der Waals surface area contributed by atoms with E-state index in [1.54, 1.807) is 48.5 Å². The zero-order valence-electron chi connectivity index (χ0n) is 21.0. The molecule has 1 aromatic heterocycles. The van der Waals surface area contributed by atoms with Gasteiger partial charge in [-0.3, -0.25) is 4.79 Å². The van der Waals surface area contributed by atoms with Gasteiger partial charge in [-0.1, -0.05) is 30.3 Å². The third-order valence-electron chi connectivity index (χ3n) is 5.70. The molecule has 0 aliphatic rings. The summed E-state index contributed by atoms with van der Waals surface area (Å²) in [5.74, 6) is -0.312. The van der Waals surface area contributed by atoms with Gasteiger partial charge in [0, 0.05) is 23.0 Å². The Balaban J connectivity index is 1.60. The summed E-state index contributed by atoms with van der Waals surface area (Å²) in [4.78, 5) is 25.3. The van der Waals surface area contributed by atoms with Gasteiger partial charge < -0.3 is 19.5 Å². The zero-order chi connectivity index (χ0) is 27.3. The molecule has 38 heavy (non-hydrogen) atoms. The van der Waals surface area contributed by atoms with Crippen LogP contribution in [0.3, 0.4) is 0 Å². The van der Waals surface area contributed by atoms with Crippen molar-refractivity contribution in [2.24, 2.45) is 0 Å². The molecule has 11 heteroatoms. The number of thiophene rings is 1. The molecule has 0 saturated carbocycles. The van der Waals surface area contributed by atoms with E-state index >= 15 is 0 Å². The van der Waals surface area contributed by atoms with E-state index < -0.39 is 28.4 Å². The molecule has 9 nitrogen and oxygen atoms in total. The van der Waals surface area contributed by atoms with Crippen molar-refractivity contribution < 1.29 is 32.2 Å². The van der Waals surface area contributed by atoms with Crippen LogP contribution in [0.1, 0.15) is 15.2 Å². The average Bonchev–Trinajstić information content (AvgIpc) is 3.36.